The standard InChI is InChI=1S/C6H13NO5/c7-6(3-9,4-10)5(11)12-2-1-8/h8-10H,1-4,7H2. The van der Waals surface area contributed by atoms with E-state index in [1.54, 1.807) is 0 Å². The third kappa shape index (κ3) is 2.74. The Morgan fingerprint density at radius 2 is 1.83 bits per heavy atom. The summed E-state index contributed by atoms with van der Waals surface area (Å²) in [5, 5.41) is 25.5. The molecule has 0 aliphatic rings. The first-order valence-corrected chi connectivity index (χ1v) is 3.39. The van der Waals surface area contributed by atoms with Crippen molar-refractivity contribution in [2.75, 3.05) is 26.4 Å². The highest BCUT2D eigenvalue weighted by Gasteiger charge is 2.34. The summed E-state index contributed by atoms with van der Waals surface area (Å²) in [5.74, 6) is -0.929. The quantitative estimate of drug-likeness (QED) is 0.339. The number of hydrogen-bond donors (Lipinski definition) is 4. The average molecular weight is 179 g/mol. The maximum Gasteiger partial charge on any atom is 0.331 e. The first-order valence-electron chi connectivity index (χ1n) is 3.39. The van der Waals surface area contributed by atoms with Crippen LogP contribution in [0.2, 0.25) is 0 Å². The topological polar surface area (TPSA) is 113 Å². The molecule has 0 heterocycles. The smallest absolute Gasteiger partial charge is 0.331 e. The summed E-state index contributed by atoms with van der Waals surface area (Å²) in [5.41, 5.74) is 3.46. The van der Waals surface area contributed by atoms with Gasteiger partial charge >= 0.3 is 5.97 Å². The van der Waals surface area contributed by atoms with Crippen LogP contribution in [0.15, 0.2) is 0 Å². The van der Waals surface area contributed by atoms with Gasteiger partial charge in [-0.2, -0.15) is 0 Å². The summed E-state index contributed by atoms with van der Waals surface area (Å²) in [4.78, 5) is 10.9. The van der Waals surface area contributed by atoms with E-state index in [-0.39, 0.29) is 13.2 Å². The minimum atomic E-state index is -1.77. The van der Waals surface area contributed by atoms with E-state index in [0.717, 1.165) is 0 Å². The molecule has 0 aromatic carbocycles. The zero-order valence-corrected chi connectivity index (χ0v) is 6.56. The molecular weight excluding hydrogens is 166 g/mol. The number of rotatable bonds is 5. The highest BCUT2D eigenvalue weighted by molar-refractivity contribution is 5.80. The van der Waals surface area contributed by atoms with Gasteiger partial charge in [-0.05, 0) is 0 Å². The molecule has 0 unspecified atom stereocenters. The molecule has 6 nitrogen and oxygen atoms in total. The molecule has 0 saturated heterocycles. The summed E-state index contributed by atoms with van der Waals surface area (Å²) in [7, 11) is 0. The summed E-state index contributed by atoms with van der Waals surface area (Å²) in [6.07, 6.45) is 0. The van der Waals surface area contributed by atoms with Crippen molar-refractivity contribution < 1.29 is 24.9 Å². The SMILES string of the molecule is NC(CO)(CO)C(=O)OCCO. The van der Waals surface area contributed by atoms with Gasteiger partial charge in [-0.15, -0.1) is 0 Å². The Balaban J connectivity index is 4.03. The van der Waals surface area contributed by atoms with E-state index < -0.39 is 24.7 Å². The second-order valence-corrected chi connectivity index (χ2v) is 2.33. The van der Waals surface area contributed by atoms with E-state index in [4.69, 9.17) is 21.1 Å². The van der Waals surface area contributed by atoms with E-state index in [1.807, 2.05) is 0 Å². The normalized spacial score (nSPS) is 11.3. The number of aliphatic hydroxyl groups excluding tert-OH is 3. The Morgan fingerprint density at radius 1 is 1.33 bits per heavy atom. The molecule has 0 aromatic heterocycles. The first kappa shape index (κ1) is 11.3. The van der Waals surface area contributed by atoms with E-state index in [9.17, 15) is 4.79 Å². The molecule has 12 heavy (non-hydrogen) atoms. The zero-order valence-electron chi connectivity index (χ0n) is 6.56. The van der Waals surface area contributed by atoms with E-state index in [2.05, 4.69) is 4.74 Å². The fourth-order valence-corrected chi connectivity index (χ4v) is 0.461. The van der Waals surface area contributed by atoms with Gasteiger partial charge in [0.25, 0.3) is 0 Å². The van der Waals surface area contributed by atoms with Gasteiger partial charge in [0, 0.05) is 0 Å². The van der Waals surface area contributed by atoms with Gasteiger partial charge in [-0.1, -0.05) is 0 Å². The van der Waals surface area contributed by atoms with Crippen LogP contribution in [0, 0.1) is 0 Å². The molecule has 0 aliphatic carbocycles. The van der Waals surface area contributed by atoms with Crippen molar-refractivity contribution in [2.45, 2.75) is 5.54 Å². The first-order chi connectivity index (χ1) is 5.60. The Hall–Kier alpha value is -0.690. The van der Waals surface area contributed by atoms with Crippen LogP contribution < -0.4 is 5.73 Å². The Labute approximate surface area is 69.6 Å². The van der Waals surface area contributed by atoms with E-state index in [1.165, 1.54) is 0 Å². The molecule has 0 spiro atoms. The summed E-state index contributed by atoms with van der Waals surface area (Å²) in [6.45, 7) is -1.92. The van der Waals surface area contributed by atoms with Crippen LogP contribution in [-0.2, 0) is 9.53 Å². The van der Waals surface area contributed by atoms with Crippen molar-refractivity contribution in [2.24, 2.45) is 5.73 Å². The molecule has 0 aromatic rings. The van der Waals surface area contributed by atoms with Crippen LogP contribution in [0.3, 0.4) is 0 Å². The van der Waals surface area contributed by atoms with E-state index in [0.29, 0.717) is 0 Å². The predicted octanol–water partition coefficient (Wildman–Crippen LogP) is -2.80. The molecule has 0 fully saturated rings. The minimum Gasteiger partial charge on any atom is -0.462 e. The Morgan fingerprint density at radius 3 is 2.17 bits per heavy atom. The second-order valence-electron chi connectivity index (χ2n) is 2.33. The number of esters is 1. The number of nitrogens with two attached hydrogens (primary N) is 1. The third-order valence-electron chi connectivity index (χ3n) is 1.30. The molecule has 0 bridgehead atoms. The van der Waals surface area contributed by atoms with Gasteiger partial charge in [-0.3, -0.25) is 0 Å². The predicted molar refractivity (Wildman–Crippen MR) is 39.1 cm³/mol. The lowest BCUT2D eigenvalue weighted by atomic mass is 10.1. The van der Waals surface area contributed by atoms with Gasteiger partial charge < -0.3 is 25.8 Å². The fourth-order valence-electron chi connectivity index (χ4n) is 0.461. The van der Waals surface area contributed by atoms with Gasteiger partial charge in [0.2, 0.25) is 0 Å². The van der Waals surface area contributed by atoms with Crippen LogP contribution in [0.25, 0.3) is 0 Å². The number of carbonyl (C=O) groups is 1. The maximum absolute atomic E-state index is 10.9. The summed E-state index contributed by atoms with van der Waals surface area (Å²) < 4.78 is 4.40. The molecule has 6 heteroatoms. The van der Waals surface area contributed by atoms with Crippen LogP contribution in [0.5, 0.6) is 0 Å². The highest BCUT2D eigenvalue weighted by Crippen LogP contribution is 2.00. The van der Waals surface area contributed by atoms with Gasteiger partial charge in [-0.25, -0.2) is 4.79 Å². The molecule has 0 saturated carbocycles. The minimum absolute atomic E-state index is 0.197. The van der Waals surface area contributed by atoms with Crippen molar-refractivity contribution >= 4 is 5.97 Å². The lowest BCUT2D eigenvalue weighted by Crippen LogP contribution is -2.55. The molecule has 0 rings (SSSR count). The summed E-state index contributed by atoms with van der Waals surface area (Å²) >= 11 is 0. The number of ether oxygens (including phenoxy) is 1. The molecule has 0 aliphatic heterocycles. The number of carbonyl (C=O) groups excluding carboxylic acids is 1. The number of hydrogen-bond acceptors (Lipinski definition) is 6. The fraction of sp³-hybridized carbons (Fsp3) is 0.833. The van der Waals surface area contributed by atoms with Crippen molar-refractivity contribution in [3.63, 3.8) is 0 Å². The number of aliphatic hydroxyl groups is 3. The highest BCUT2D eigenvalue weighted by atomic mass is 16.5. The van der Waals surface area contributed by atoms with E-state index >= 15 is 0 Å². The lowest BCUT2D eigenvalue weighted by molar-refractivity contribution is -0.154. The van der Waals surface area contributed by atoms with Crippen molar-refractivity contribution in [3.05, 3.63) is 0 Å². The maximum atomic E-state index is 10.9. The molecule has 0 atom stereocenters. The van der Waals surface area contributed by atoms with Crippen molar-refractivity contribution in [1.82, 2.24) is 0 Å². The molecule has 0 amide bonds. The van der Waals surface area contributed by atoms with Crippen LogP contribution >= 0.6 is 0 Å². The van der Waals surface area contributed by atoms with Gasteiger partial charge in [0.15, 0.2) is 5.54 Å². The van der Waals surface area contributed by atoms with Gasteiger partial charge in [0.1, 0.15) is 6.61 Å². The zero-order chi connectivity index (χ0) is 9.61. The monoisotopic (exact) mass is 179 g/mol. The van der Waals surface area contributed by atoms with Crippen molar-refractivity contribution in [1.29, 1.82) is 0 Å². The second kappa shape index (κ2) is 5.04. The Kier molecular flexibility index (Phi) is 4.75. The van der Waals surface area contributed by atoms with Crippen LogP contribution in [0.1, 0.15) is 0 Å². The summed E-state index contributed by atoms with van der Waals surface area (Å²) in [6, 6.07) is 0. The largest absolute Gasteiger partial charge is 0.462 e. The van der Waals surface area contributed by atoms with Gasteiger partial charge in [0.05, 0.1) is 19.8 Å². The van der Waals surface area contributed by atoms with Crippen LogP contribution in [-0.4, -0.2) is 53.3 Å². The lowest BCUT2D eigenvalue weighted by Gasteiger charge is -2.21. The van der Waals surface area contributed by atoms with Crippen molar-refractivity contribution in [3.8, 4) is 0 Å². The molecule has 0 radical (unpaired) electrons. The van der Waals surface area contributed by atoms with Crippen LogP contribution in [0.4, 0.5) is 0 Å². The Bertz CT molecular complexity index is 145. The third-order valence-corrected chi connectivity index (χ3v) is 1.30. The molecule has 5 N–H and O–H groups in total. The average Bonchev–Trinajstić information content (AvgIpc) is 2.12. The molecule has 72 valence electrons. The molecular formula is C6H13NO5.